The number of anilines is 1. The first kappa shape index (κ1) is 15.0. The summed E-state index contributed by atoms with van der Waals surface area (Å²) in [6.45, 7) is 6.49. The van der Waals surface area contributed by atoms with Crippen LogP contribution >= 0.6 is 0 Å². The molecule has 0 amide bonds. The van der Waals surface area contributed by atoms with Gasteiger partial charge < -0.3 is 10.2 Å². The number of piperidine rings is 1. The van der Waals surface area contributed by atoms with Crippen LogP contribution in [-0.2, 0) is 6.54 Å². The number of nitrogens with one attached hydrogen (secondary N) is 1. The van der Waals surface area contributed by atoms with E-state index in [0.29, 0.717) is 12.6 Å². The minimum atomic E-state index is -0.172. The summed E-state index contributed by atoms with van der Waals surface area (Å²) in [4.78, 5) is 2.33. The predicted molar refractivity (Wildman–Crippen MR) is 82.2 cm³/mol. The summed E-state index contributed by atoms with van der Waals surface area (Å²) in [7, 11) is 0. The van der Waals surface area contributed by atoms with E-state index in [1.165, 1.54) is 6.07 Å². The van der Waals surface area contributed by atoms with Crippen molar-refractivity contribution in [3.8, 4) is 0 Å². The fourth-order valence-corrected chi connectivity index (χ4v) is 2.95. The van der Waals surface area contributed by atoms with Crippen molar-refractivity contribution in [2.24, 2.45) is 0 Å². The molecule has 2 aromatic rings. The van der Waals surface area contributed by atoms with Gasteiger partial charge in [-0.3, -0.25) is 0 Å². The largest absolute Gasteiger partial charge is 0.371 e. The molecule has 6 heteroatoms. The molecule has 1 saturated heterocycles. The Kier molecular flexibility index (Phi) is 4.38. The number of hydrogen-bond donors (Lipinski definition) is 1. The summed E-state index contributed by atoms with van der Waals surface area (Å²) in [5, 5.41) is 11.2. The molecule has 0 unspecified atom stereocenters. The smallest absolute Gasteiger partial charge is 0.123 e. The van der Waals surface area contributed by atoms with Crippen LogP contribution in [-0.4, -0.2) is 29.4 Å². The predicted octanol–water partition coefficient (Wildman–Crippen LogP) is 2.58. The third kappa shape index (κ3) is 3.27. The highest BCUT2D eigenvalue weighted by atomic mass is 19.1. The lowest BCUT2D eigenvalue weighted by Gasteiger charge is -2.34. The Labute approximate surface area is 129 Å². The molecule has 22 heavy (non-hydrogen) atoms. The standard InChI is InChI=1S/C16H21FN4O/c1-11-9-13(17)3-4-16(11)21-7-5-14(6-8-21)18-10-15-12(2)19-22-20-15/h3-4,9,14,18H,5-8,10H2,1-2H3. The molecule has 3 rings (SSSR count). The summed E-state index contributed by atoms with van der Waals surface area (Å²) in [6, 6.07) is 5.48. The van der Waals surface area contributed by atoms with E-state index in [1.54, 1.807) is 6.07 Å². The second-order valence-corrected chi connectivity index (χ2v) is 5.87. The summed E-state index contributed by atoms with van der Waals surface area (Å²) in [5.74, 6) is -0.172. The number of aryl methyl sites for hydroxylation is 2. The van der Waals surface area contributed by atoms with Gasteiger partial charge in [-0.2, -0.15) is 0 Å². The fourth-order valence-electron chi connectivity index (χ4n) is 2.95. The Morgan fingerprint density at radius 1 is 1.27 bits per heavy atom. The second-order valence-electron chi connectivity index (χ2n) is 5.87. The van der Waals surface area contributed by atoms with Gasteiger partial charge in [0.15, 0.2) is 0 Å². The van der Waals surface area contributed by atoms with E-state index in [0.717, 1.165) is 48.6 Å². The van der Waals surface area contributed by atoms with Crippen LogP contribution in [0.3, 0.4) is 0 Å². The van der Waals surface area contributed by atoms with Crippen molar-refractivity contribution in [2.75, 3.05) is 18.0 Å². The van der Waals surface area contributed by atoms with Crippen molar-refractivity contribution in [3.05, 3.63) is 41.0 Å². The Bertz CT molecular complexity index is 635. The lowest BCUT2D eigenvalue weighted by Crippen LogP contribution is -2.42. The first-order valence-electron chi connectivity index (χ1n) is 7.66. The first-order chi connectivity index (χ1) is 10.6. The first-order valence-corrected chi connectivity index (χ1v) is 7.66. The van der Waals surface area contributed by atoms with Crippen LogP contribution in [0.15, 0.2) is 22.8 Å². The van der Waals surface area contributed by atoms with Gasteiger partial charge in [0.1, 0.15) is 17.2 Å². The maximum Gasteiger partial charge on any atom is 0.123 e. The molecule has 0 radical (unpaired) electrons. The van der Waals surface area contributed by atoms with Crippen molar-refractivity contribution < 1.29 is 9.02 Å². The van der Waals surface area contributed by atoms with Crippen molar-refractivity contribution in [1.82, 2.24) is 15.6 Å². The molecule has 0 spiro atoms. The lowest BCUT2D eigenvalue weighted by atomic mass is 10.0. The van der Waals surface area contributed by atoms with E-state index in [2.05, 4.69) is 20.5 Å². The number of rotatable bonds is 4. The average molecular weight is 304 g/mol. The topological polar surface area (TPSA) is 54.2 Å². The van der Waals surface area contributed by atoms with Crippen molar-refractivity contribution in [1.29, 1.82) is 0 Å². The van der Waals surface area contributed by atoms with E-state index in [9.17, 15) is 4.39 Å². The molecule has 2 heterocycles. The van der Waals surface area contributed by atoms with Crippen molar-refractivity contribution in [3.63, 3.8) is 0 Å². The molecule has 5 nitrogen and oxygen atoms in total. The number of nitrogens with zero attached hydrogens (tertiary/aromatic N) is 3. The molecule has 1 N–H and O–H groups in total. The molecular formula is C16H21FN4O. The highest BCUT2D eigenvalue weighted by Crippen LogP contribution is 2.24. The van der Waals surface area contributed by atoms with Gasteiger partial charge in [0, 0.05) is 31.4 Å². The third-order valence-electron chi connectivity index (χ3n) is 4.30. The molecule has 1 aromatic heterocycles. The van der Waals surface area contributed by atoms with Crippen LogP contribution in [0.2, 0.25) is 0 Å². The van der Waals surface area contributed by atoms with Gasteiger partial charge in [-0.15, -0.1) is 0 Å². The Hall–Kier alpha value is -1.95. The van der Waals surface area contributed by atoms with Crippen molar-refractivity contribution >= 4 is 5.69 Å². The molecule has 0 atom stereocenters. The van der Waals surface area contributed by atoms with Gasteiger partial charge in [0.2, 0.25) is 0 Å². The summed E-state index contributed by atoms with van der Waals surface area (Å²) < 4.78 is 17.9. The zero-order valence-electron chi connectivity index (χ0n) is 13.0. The Morgan fingerprint density at radius 3 is 2.68 bits per heavy atom. The third-order valence-corrected chi connectivity index (χ3v) is 4.30. The quantitative estimate of drug-likeness (QED) is 0.941. The molecule has 1 aliphatic rings. The second kappa shape index (κ2) is 6.44. The number of aromatic nitrogens is 2. The van der Waals surface area contributed by atoms with Crippen molar-refractivity contribution in [2.45, 2.75) is 39.3 Å². The summed E-state index contributed by atoms with van der Waals surface area (Å²) in [5.41, 5.74) is 3.84. The number of benzene rings is 1. The maximum atomic E-state index is 13.2. The zero-order valence-corrected chi connectivity index (χ0v) is 13.0. The Morgan fingerprint density at radius 2 is 2.05 bits per heavy atom. The summed E-state index contributed by atoms with van der Waals surface area (Å²) >= 11 is 0. The van der Waals surface area contributed by atoms with Gasteiger partial charge in [-0.05, 0) is 50.5 Å². The minimum Gasteiger partial charge on any atom is -0.371 e. The van der Waals surface area contributed by atoms with Gasteiger partial charge in [0.05, 0.1) is 0 Å². The fraction of sp³-hybridized carbons (Fsp3) is 0.500. The SMILES string of the molecule is Cc1cc(F)ccc1N1CCC(NCc2nonc2C)CC1. The lowest BCUT2D eigenvalue weighted by molar-refractivity contribution is 0.299. The normalized spacial score (nSPS) is 16.2. The van der Waals surface area contributed by atoms with E-state index >= 15 is 0 Å². The van der Waals surface area contributed by atoms with Gasteiger partial charge in [-0.1, -0.05) is 10.3 Å². The maximum absolute atomic E-state index is 13.2. The number of halogens is 1. The molecule has 0 saturated carbocycles. The molecule has 118 valence electrons. The minimum absolute atomic E-state index is 0.172. The average Bonchev–Trinajstić information content (AvgIpc) is 2.91. The van der Waals surface area contributed by atoms with Crippen LogP contribution < -0.4 is 10.2 Å². The zero-order chi connectivity index (χ0) is 15.5. The molecule has 0 bridgehead atoms. The van der Waals surface area contributed by atoms with Crippen LogP contribution in [0.5, 0.6) is 0 Å². The highest BCUT2D eigenvalue weighted by molar-refractivity contribution is 5.53. The summed E-state index contributed by atoms with van der Waals surface area (Å²) in [6.07, 6.45) is 2.11. The highest BCUT2D eigenvalue weighted by Gasteiger charge is 2.20. The van der Waals surface area contributed by atoms with E-state index < -0.39 is 0 Å². The Balaban J connectivity index is 1.53. The van der Waals surface area contributed by atoms with Gasteiger partial charge in [0.25, 0.3) is 0 Å². The monoisotopic (exact) mass is 304 g/mol. The van der Waals surface area contributed by atoms with Crippen LogP contribution in [0.25, 0.3) is 0 Å². The van der Waals surface area contributed by atoms with Crippen LogP contribution in [0, 0.1) is 19.7 Å². The van der Waals surface area contributed by atoms with Gasteiger partial charge in [-0.25, -0.2) is 9.02 Å². The molecular weight excluding hydrogens is 283 g/mol. The molecule has 0 aliphatic carbocycles. The van der Waals surface area contributed by atoms with Gasteiger partial charge >= 0.3 is 0 Å². The van der Waals surface area contributed by atoms with Crippen LogP contribution in [0.4, 0.5) is 10.1 Å². The molecule has 1 aliphatic heterocycles. The van der Waals surface area contributed by atoms with E-state index in [4.69, 9.17) is 4.63 Å². The number of hydrogen-bond acceptors (Lipinski definition) is 5. The molecule has 1 aromatic carbocycles. The van der Waals surface area contributed by atoms with E-state index in [-0.39, 0.29) is 5.82 Å². The van der Waals surface area contributed by atoms with E-state index in [1.807, 2.05) is 19.9 Å². The molecule has 1 fully saturated rings. The van der Waals surface area contributed by atoms with Crippen LogP contribution in [0.1, 0.15) is 29.8 Å².